The van der Waals surface area contributed by atoms with E-state index >= 15 is 0 Å². The molecule has 1 heterocycles. The summed E-state index contributed by atoms with van der Waals surface area (Å²) in [7, 11) is -3.62. The molecule has 1 aromatic heterocycles. The average Bonchev–Trinajstić information content (AvgIpc) is 2.89. The van der Waals surface area contributed by atoms with Crippen molar-refractivity contribution < 1.29 is 8.42 Å². The predicted octanol–water partition coefficient (Wildman–Crippen LogP) is 2.60. The van der Waals surface area contributed by atoms with Crippen LogP contribution in [0.1, 0.15) is 0 Å². The van der Waals surface area contributed by atoms with Gasteiger partial charge in [-0.2, -0.15) is 0 Å². The Balaban J connectivity index is 2.68. The van der Waals surface area contributed by atoms with Gasteiger partial charge in [-0.3, -0.25) is 4.99 Å². The van der Waals surface area contributed by atoms with Gasteiger partial charge in [0, 0.05) is 5.38 Å². The molecule has 0 unspecified atom stereocenters. The number of rotatable bonds is 5. The van der Waals surface area contributed by atoms with Gasteiger partial charge in [0.15, 0.2) is 4.80 Å². The second-order valence-electron chi connectivity index (χ2n) is 3.77. The molecule has 0 aliphatic heterocycles. The standard InChI is InChI=1S/C13H14N2O2S3/c1-3-9-14-13-15(12(18-2)10-19-13)20(16,17)11-7-5-4-6-8-11/h3-8,10H,1,9H2,2H3. The molecule has 0 atom stereocenters. The number of hydrogen-bond acceptors (Lipinski definition) is 5. The van der Waals surface area contributed by atoms with Gasteiger partial charge in [-0.15, -0.1) is 29.7 Å². The van der Waals surface area contributed by atoms with E-state index in [-0.39, 0.29) is 4.90 Å². The zero-order valence-electron chi connectivity index (χ0n) is 10.9. The zero-order chi connectivity index (χ0) is 14.6. The van der Waals surface area contributed by atoms with E-state index in [1.165, 1.54) is 27.1 Å². The van der Waals surface area contributed by atoms with E-state index in [0.29, 0.717) is 16.4 Å². The summed E-state index contributed by atoms with van der Waals surface area (Å²) in [6.45, 7) is 3.99. The second kappa shape index (κ2) is 6.43. The Morgan fingerprint density at radius 1 is 1.40 bits per heavy atom. The first kappa shape index (κ1) is 15.1. The Morgan fingerprint density at radius 3 is 2.70 bits per heavy atom. The van der Waals surface area contributed by atoms with Crippen LogP contribution in [0.2, 0.25) is 0 Å². The summed E-state index contributed by atoms with van der Waals surface area (Å²) in [6, 6.07) is 8.37. The lowest BCUT2D eigenvalue weighted by Crippen LogP contribution is -2.25. The molecule has 0 saturated heterocycles. The molecule has 106 valence electrons. The van der Waals surface area contributed by atoms with Crippen molar-refractivity contribution >= 4 is 33.1 Å². The average molecular weight is 326 g/mol. The summed E-state index contributed by atoms with van der Waals surface area (Å²) in [6.07, 6.45) is 3.48. The first-order valence-corrected chi connectivity index (χ1v) is 9.32. The summed E-state index contributed by atoms with van der Waals surface area (Å²) >= 11 is 2.69. The van der Waals surface area contributed by atoms with E-state index in [2.05, 4.69) is 11.6 Å². The van der Waals surface area contributed by atoms with E-state index < -0.39 is 10.0 Å². The number of hydrogen-bond donors (Lipinski definition) is 0. The van der Waals surface area contributed by atoms with Crippen molar-refractivity contribution in [1.82, 2.24) is 3.97 Å². The molecule has 0 amide bonds. The molecule has 2 rings (SSSR count). The molecule has 0 radical (unpaired) electrons. The Kier molecular flexibility index (Phi) is 4.85. The van der Waals surface area contributed by atoms with Crippen LogP contribution in [0.4, 0.5) is 0 Å². The zero-order valence-corrected chi connectivity index (χ0v) is 13.3. The van der Waals surface area contributed by atoms with Crippen LogP contribution in [0.25, 0.3) is 0 Å². The molecule has 0 bridgehead atoms. The predicted molar refractivity (Wildman–Crippen MR) is 83.7 cm³/mol. The van der Waals surface area contributed by atoms with Crippen molar-refractivity contribution in [2.24, 2.45) is 4.99 Å². The van der Waals surface area contributed by atoms with E-state index in [4.69, 9.17) is 0 Å². The lowest BCUT2D eigenvalue weighted by atomic mass is 10.4. The first-order valence-electron chi connectivity index (χ1n) is 5.78. The Labute approximate surface area is 126 Å². The Morgan fingerprint density at radius 2 is 2.10 bits per heavy atom. The molecule has 20 heavy (non-hydrogen) atoms. The molecule has 0 N–H and O–H groups in total. The third kappa shape index (κ3) is 2.89. The van der Waals surface area contributed by atoms with Gasteiger partial charge in [0.1, 0.15) is 5.03 Å². The summed E-state index contributed by atoms with van der Waals surface area (Å²) in [4.78, 5) is 4.97. The largest absolute Gasteiger partial charge is 0.270 e. The minimum Gasteiger partial charge on any atom is -0.254 e. The van der Waals surface area contributed by atoms with Crippen molar-refractivity contribution in [2.45, 2.75) is 9.92 Å². The quantitative estimate of drug-likeness (QED) is 0.627. The van der Waals surface area contributed by atoms with Crippen molar-refractivity contribution in [3.63, 3.8) is 0 Å². The van der Waals surface area contributed by atoms with Crippen LogP contribution >= 0.6 is 23.1 Å². The van der Waals surface area contributed by atoms with Gasteiger partial charge in [0.2, 0.25) is 0 Å². The minimum atomic E-state index is -3.62. The van der Waals surface area contributed by atoms with Gasteiger partial charge in [-0.25, -0.2) is 12.4 Å². The monoisotopic (exact) mass is 326 g/mol. The smallest absolute Gasteiger partial charge is 0.254 e. The highest BCUT2D eigenvalue weighted by Gasteiger charge is 2.21. The van der Waals surface area contributed by atoms with E-state index in [9.17, 15) is 8.42 Å². The molecule has 0 saturated carbocycles. The van der Waals surface area contributed by atoms with Crippen molar-refractivity contribution in [3.8, 4) is 0 Å². The summed E-state index contributed by atoms with van der Waals surface area (Å²) in [5.41, 5.74) is 0. The van der Waals surface area contributed by atoms with Gasteiger partial charge < -0.3 is 0 Å². The number of thiazole rings is 1. The molecule has 0 fully saturated rings. The third-order valence-electron chi connectivity index (χ3n) is 2.49. The normalized spacial score (nSPS) is 12.6. The Bertz CT molecular complexity index is 758. The molecular weight excluding hydrogens is 312 g/mol. The fourth-order valence-corrected chi connectivity index (χ4v) is 5.35. The molecule has 4 nitrogen and oxygen atoms in total. The third-order valence-corrected chi connectivity index (χ3v) is 6.17. The molecular formula is C13H14N2O2S3. The number of thioether (sulfide) groups is 1. The summed E-state index contributed by atoms with van der Waals surface area (Å²) in [5, 5.41) is 2.45. The number of aromatic nitrogens is 1. The lowest BCUT2D eigenvalue weighted by Gasteiger charge is -2.08. The molecule has 0 spiro atoms. The minimum absolute atomic E-state index is 0.258. The maximum atomic E-state index is 12.7. The van der Waals surface area contributed by atoms with Crippen LogP contribution in [0.3, 0.4) is 0 Å². The highest BCUT2D eigenvalue weighted by molar-refractivity contribution is 7.99. The fraction of sp³-hybridized carbons (Fsp3) is 0.154. The van der Waals surface area contributed by atoms with Crippen molar-refractivity contribution in [1.29, 1.82) is 0 Å². The Hall–Kier alpha value is -1.31. The van der Waals surface area contributed by atoms with Crippen molar-refractivity contribution in [3.05, 3.63) is 53.2 Å². The summed E-state index contributed by atoms with van der Waals surface area (Å²) < 4.78 is 26.8. The maximum absolute atomic E-state index is 12.7. The topological polar surface area (TPSA) is 51.4 Å². The lowest BCUT2D eigenvalue weighted by molar-refractivity contribution is 0.581. The second-order valence-corrected chi connectivity index (χ2v) is 7.22. The molecule has 2 aromatic rings. The van der Waals surface area contributed by atoms with Crippen LogP contribution in [0.5, 0.6) is 0 Å². The van der Waals surface area contributed by atoms with Gasteiger partial charge in [-0.1, -0.05) is 24.3 Å². The van der Waals surface area contributed by atoms with Gasteiger partial charge in [0.05, 0.1) is 11.4 Å². The van der Waals surface area contributed by atoms with Gasteiger partial charge >= 0.3 is 0 Å². The molecule has 1 aromatic carbocycles. The van der Waals surface area contributed by atoms with Crippen LogP contribution in [-0.2, 0) is 10.0 Å². The number of nitrogens with zero attached hydrogens (tertiary/aromatic N) is 2. The SMILES string of the molecule is C=CCN=c1scc(SC)n1S(=O)(=O)c1ccccc1. The van der Waals surface area contributed by atoms with E-state index in [0.717, 1.165) is 0 Å². The van der Waals surface area contributed by atoms with Crippen LogP contribution in [0.15, 0.2) is 63.3 Å². The highest BCUT2D eigenvalue weighted by atomic mass is 32.2. The molecule has 0 aliphatic rings. The van der Waals surface area contributed by atoms with Gasteiger partial charge in [0.25, 0.3) is 10.0 Å². The van der Waals surface area contributed by atoms with Crippen LogP contribution < -0.4 is 4.80 Å². The van der Waals surface area contributed by atoms with Crippen LogP contribution in [-0.4, -0.2) is 25.2 Å². The first-order chi connectivity index (χ1) is 9.61. The van der Waals surface area contributed by atoms with Crippen LogP contribution in [0, 0.1) is 0 Å². The molecule has 7 heteroatoms. The molecule has 0 aliphatic carbocycles. The number of benzene rings is 1. The van der Waals surface area contributed by atoms with Gasteiger partial charge in [-0.05, 0) is 18.4 Å². The van der Waals surface area contributed by atoms with E-state index in [1.807, 2.05) is 6.26 Å². The highest BCUT2D eigenvalue weighted by Crippen LogP contribution is 2.21. The van der Waals surface area contributed by atoms with Crippen molar-refractivity contribution in [2.75, 3.05) is 12.8 Å². The fourth-order valence-electron chi connectivity index (χ4n) is 1.59. The maximum Gasteiger partial charge on any atom is 0.270 e. The van der Waals surface area contributed by atoms with E-state index in [1.54, 1.807) is 41.8 Å². The summed E-state index contributed by atoms with van der Waals surface area (Å²) in [5.74, 6) is 0.